The quantitative estimate of drug-likeness (QED) is 0.319. The van der Waals surface area contributed by atoms with Crippen molar-refractivity contribution in [3.63, 3.8) is 0 Å². The van der Waals surface area contributed by atoms with Gasteiger partial charge in [0.25, 0.3) is 5.56 Å². The van der Waals surface area contributed by atoms with E-state index in [2.05, 4.69) is 32.6 Å². The van der Waals surface area contributed by atoms with Gasteiger partial charge >= 0.3 is 12.2 Å². The first kappa shape index (κ1) is 31.1. The third-order valence-electron chi connectivity index (χ3n) is 7.51. The summed E-state index contributed by atoms with van der Waals surface area (Å²) in [6.45, 7) is 20.5. The zero-order valence-electron chi connectivity index (χ0n) is 26.5. The van der Waals surface area contributed by atoms with Crippen molar-refractivity contribution in [2.24, 2.45) is 7.05 Å². The maximum atomic E-state index is 13.8. The molecule has 1 aliphatic rings. The normalized spacial score (nSPS) is 14.9. The van der Waals surface area contributed by atoms with Crippen LogP contribution in [0.4, 0.5) is 9.59 Å². The van der Waals surface area contributed by atoms with Gasteiger partial charge in [-0.25, -0.2) is 14.2 Å². The highest BCUT2D eigenvalue weighted by molar-refractivity contribution is 6.00. The molecular formula is C34H45N3O5. The Hall–Kier alpha value is -3.81. The maximum absolute atomic E-state index is 13.8. The molecule has 0 spiro atoms. The van der Waals surface area contributed by atoms with Gasteiger partial charge in [-0.1, -0.05) is 32.6 Å². The van der Waals surface area contributed by atoms with Crippen LogP contribution in [0.15, 0.2) is 41.8 Å². The number of benzene rings is 1. The van der Waals surface area contributed by atoms with Crippen LogP contribution in [-0.4, -0.2) is 50.5 Å². The van der Waals surface area contributed by atoms with Crippen LogP contribution in [0.1, 0.15) is 96.8 Å². The number of rotatable bonds is 4. The Bertz CT molecular complexity index is 1570. The van der Waals surface area contributed by atoms with Crippen LogP contribution in [-0.2, 0) is 16.5 Å². The number of hydrogen-bond acceptors (Lipinski definition) is 5. The van der Waals surface area contributed by atoms with Crippen LogP contribution >= 0.6 is 0 Å². The molecule has 0 saturated carbocycles. The Morgan fingerprint density at radius 2 is 1.57 bits per heavy atom. The summed E-state index contributed by atoms with van der Waals surface area (Å²) in [6, 6.07) is 8.07. The lowest BCUT2D eigenvalue weighted by molar-refractivity contribution is 0.0204. The number of carbonyl (C=O) groups excluding carboxylic acids is 2. The molecule has 0 N–H and O–H groups in total. The summed E-state index contributed by atoms with van der Waals surface area (Å²) in [5, 5.41) is 0.979. The summed E-state index contributed by atoms with van der Waals surface area (Å²) < 4.78 is 14.7. The fourth-order valence-electron chi connectivity index (χ4n) is 5.69. The first-order valence-electron chi connectivity index (χ1n) is 14.7. The van der Waals surface area contributed by atoms with Crippen LogP contribution in [0, 0.1) is 0 Å². The van der Waals surface area contributed by atoms with Gasteiger partial charge in [0.1, 0.15) is 11.2 Å². The smallest absolute Gasteiger partial charge is 0.419 e. The second kappa shape index (κ2) is 11.5. The third kappa shape index (κ3) is 6.48. The number of likely N-dealkylation sites (tertiary alicyclic amines) is 1. The van der Waals surface area contributed by atoms with E-state index >= 15 is 0 Å². The number of nitrogens with zero attached hydrogens (tertiary/aromatic N) is 3. The van der Waals surface area contributed by atoms with Crippen molar-refractivity contribution in [3.8, 4) is 11.3 Å². The minimum Gasteiger partial charge on any atom is -0.444 e. The topological polar surface area (TPSA) is 82.8 Å². The molecule has 2 aromatic heterocycles. The number of ether oxygens (including phenoxy) is 2. The summed E-state index contributed by atoms with van der Waals surface area (Å²) in [7, 11) is 1.70. The lowest BCUT2D eigenvalue weighted by Crippen LogP contribution is -2.41. The fourth-order valence-corrected chi connectivity index (χ4v) is 5.69. The summed E-state index contributed by atoms with van der Waals surface area (Å²) in [6.07, 6.45) is 4.22. The van der Waals surface area contributed by atoms with Gasteiger partial charge in [-0.05, 0) is 95.5 Å². The standard InChI is InChI=1S/C34H45N3O5/c1-11-22-18-25(20-35(10)30(22)38)29-28(21(2)3)26-19-24(12-13-27(26)37(29)32(40)42-34(7,8)9)23-14-16-36(17-15-23)31(39)41-33(4,5)6/h11-13,18-21,23H,1,14-17H2,2-10H3. The van der Waals surface area contributed by atoms with Gasteiger partial charge in [-0.15, -0.1) is 0 Å². The van der Waals surface area contributed by atoms with Crippen LogP contribution in [0.3, 0.4) is 0 Å². The van der Waals surface area contributed by atoms with Crippen LogP contribution in [0.5, 0.6) is 0 Å². The second-order valence-corrected chi connectivity index (χ2v) is 13.6. The van der Waals surface area contributed by atoms with Crippen molar-refractivity contribution in [2.75, 3.05) is 13.1 Å². The van der Waals surface area contributed by atoms with E-state index in [1.807, 2.05) is 47.6 Å². The number of piperidine rings is 1. The minimum absolute atomic E-state index is 0.0693. The number of amides is 1. The van der Waals surface area contributed by atoms with Crippen LogP contribution < -0.4 is 5.56 Å². The molecule has 0 unspecified atom stereocenters. The molecule has 0 radical (unpaired) electrons. The van der Waals surface area contributed by atoms with Gasteiger partial charge in [-0.3, -0.25) is 4.79 Å². The Balaban J connectivity index is 1.84. The third-order valence-corrected chi connectivity index (χ3v) is 7.51. The SMILES string of the molecule is C=Cc1cc(-c2c(C(C)C)c3cc(C4CCN(C(=O)OC(C)(C)C)CC4)ccc3n2C(=O)OC(C)(C)C)cn(C)c1=O. The van der Waals surface area contributed by atoms with Crippen molar-refractivity contribution < 1.29 is 19.1 Å². The summed E-state index contributed by atoms with van der Waals surface area (Å²) >= 11 is 0. The van der Waals surface area contributed by atoms with Gasteiger partial charge in [-0.2, -0.15) is 0 Å². The molecule has 0 atom stereocenters. The van der Waals surface area contributed by atoms with Gasteiger partial charge in [0.05, 0.1) is 11.2 Å². The summed E-state index contributed by atoms with van der Waals surface area (Å²) in [4.78, 5) is 40.9. The van der Waals surface area contributed by atoms with E-state index in [0.29, 0.717) is 24.3 Å². The minimum atomic E-state index is -0.694. The van der Waals surface area contributed by atoms with E-state index in [0.717, 1.165) is 34.9 Å². The number of hydrogen-bond donors (Lipinski definition) is 0. The van der Waals surface area contributed by atoms with Gasteiger partial charge in [0.15, 0.2) is 0 Å². The number of aromatic nitrogens is 2. The lowest BCUT2D eigenvalue weighted by atomic mass is 9.87. The van der Waals surface area contributed by atoms with E-state index in [9.17, 15) is 14.4 Å². The largest absolute Gasteiger partial charge is 0.444 e. The zero-order valence-corrected chi connectivity index (χ0v) is 26.5. The number of carbonyl (C=O) groups is 2. The highest BCUT2D eigenvalue weighted by atomic mass is 16.6. The maximum Gasteiger partial charge on any atom is 0.419 e. The lowest BCUT2D eigenvalue weighted by Gasteiger charge is -2.33. The first-order valence-corrected chi connectivity index (χ1v) is 14.7. The van der Waals surface area contributed by atoms with E-state index in [4.69, 9.17) is 9.47 Å². The first-order chi connectivity index (χ1) is 19.5. The van der Waals surface area contributed by atoms with Crippen molar-refractivity contribution in [3.05, 3.63) is 64.1 Å². The molecule has 1 amide bonds. The number of pyridine rings is 1. The molecule has 42 heavy (non-hydrogen) atoms. The monoisotopic (exact) mass is 575 g/mol. The Kier molecular flexibility index (Phi) is 8.50. The van der Waals surface area contributed by atoms with E-state index in [-0.39, 0.29) is 23.5 Å². The van der Waals surface area contributed by atoms with Gasteiger partial charge in [0.2, 0.25) is 0 Å². The van der Waals surface area contributed by atoms with Crippen LogP contribution in [0.2, 0.25) is 0 Å². The van der Waals surface area contributed by atoms with Crippen molar-refractivity contribution in [2.45, 2.75) is 91.3 Å². The Morgan fingerprint density at radius 3 is 2.12 bits per heavy atom. The summed E-state index contributed by atoms with van der Waals surface area (Å²) in [5.74, 6) is 0.339. The average molecular weight is 576 g/mol. The molecule has 0 aliphatic carbocycles. The Labute approximate surface area is 248 Å². The molecule has 1 aromatic carbocycles. The van der Waals surface area contributed by atoms with Crippen molar-refractivity contribution in [1.82, 2.24) is 14.0 Å². The molecular weight excluding hydrogens is 530 g/mol. The summed E-state index contributed by atoms with van der Waals surface area (Å²) in [5.41, 5.74) is 3.49. The molecule has 0 bridgehead atoms. The molecule has 3 aromatic rings. The molecule has 1 aliphatic heterocycles. The zero-order chi connectivity index (χ0) is 31.1. The highest BCUT2D eigenvalue weighted by Gasteiger charge is 2.31. The van der Waals surface area contributed by atoms with E-state index < -0.39 is 17.3 Å². The number of fused-ring (bicyclic) bond motifs is 1. The molecule has 8 heteroatoms. The molecule has 226 valence electrons. The second-order valence-electron chi connectivity index (χ2n) is 13.6. The Morgan fingerprint density at radius 1 is 0.976 bits per heavy atom. The van der Waals surface area contributed by atoms with Crippen molar-refractivity contribution in [1.29, 1.82) is 0 Å². The molecule has 1 fully saturated rings. The molecule has 1 saturated heterocycles. The van der Waals surface area contributed by atoms with E-state index in [1.165, 1.54) is 10.1 Å². The molecule has 4 rings (SSSR count). The van der Waals surface area contributed by atoms with Gasteiger partial charge < -0.3 is 18.9 Å². The number of aryl methyl sites for hydroxylation is 1. The van der Waals surface area contributed by atoms with Crippen molar-refractivity contribution >= 4 is 29.2 Å². The van der Waals surface area contributed by atoms with Crippen LogP contribution in [0.25, 0.3) is 28.2 Å². The highest BCUT2D eigenvalue weighted by Crippen LogP contribution is 2.41. The predicted molar refractivity (Wildman–Crippen MR) is 168 cm³/mol. The molecule has 3 heterocycles. The van der Waals surface area contributed by atoms with E-state index in [1.54, 1.807) is 34.9 Å². The fraction of sp³-hybridized carbons (Fsp3) is 0.500. The van der Waals surface area contributed by atoms with Gasteiger partial charge in [0, 0.05) is 42.8 Å². The molecule has 8 nitrogen and oxygen atoms in total. The average Bonchev–Trinajstić information content (AvgIpc) is 3.23. The predicted octanol–water partition coefficient (Wildman–Crippen LogP) is 7.67.